The Balaban J connectivity index is 0.00000196. The van der Waals surface area contributed by atoms with Gasteiger partial charge >= 0.3 is 0 Å². The van der Waals surface area contributed by atoms with Crippen molar-refractivity contribution in [1.29, 1.82) is 5.26 Å². The van der Waals surface area contributed by atoms with Crippen LogP contribution in [-0.2, 0) is 0 Å². The zero-order valence-corrected chi connectivity index (χ0v) is 9.01. The van der Waals surface area contributed by atoms with Crippen LogP contribution in [0.15, 0.2) is 12.1 Å². The van der Waals surface area contributed by atoms with E-state index >= 15 is 0 Å². The molecule has 0 unspecified atom stereocenters. The van der Waals surface area contributed by atoms with Crippen LogP contribution >= 0.6 is 12.4 Å². The molecule has 0 saturated heterocycles. The van der Waals surface area contributed by atoms with Crippen molar-refractivity contribution < 1.29 is 9.50 Å². The van der Waals surface area contributed by atoms with Gasteiger partial charge in [-0.15, -0.1) is 12.4 Å². The van der Waals surface area contributed by atoms with Gasteiger partial charge in [0, 0.05) is 11.6 Å². The molecule has 1 aromatic rings. The Kier molecular flexibility index (Phi) is 5.06. The first-order valence-electron chi connectivity index (χ1n) is 4.28. The Labute approximate surface area is 93.7 Å². The van der Waals surface area contributed by atoms with Crippen LogP contribution in [-0.4, -0.2) is 5.11 Å². The maximum Gasteiger partial charge on any atom is 0.165 e. The summed E-state index contributed by atoms with van der Waals surface area (Å²) in [4.78, 5) is 0. The minimum Gasteiger partial charge on any atom is -0.505 e. The molecule has 3 N–H and O–H groups in total. The molecule has 0 saturated carbocycles. The van der Waals surface area contributed by atoms with Crippen molar-refractivity contribution in [2.75, 3.05) is 0 Å². The van der Waals surface area contributed by atoms with E-state index in [2.05, 4.69) is 0 Å². The fraction of sp³-hybridized carbons (Fsp3) is 0.300. The van der Waals surface area contributed by atoms with Gasteiger partial charge in [0.1, 0.15) is 0 Å². The van der Waals surface area contributed by atoms with Crippen LogP contribution in [0.25, 0.3) is 0 Å². The molecule has 0 aliphatic heterocycles. The molecule has 0 aliphatic carbocycles. The average molecular weight is 231 g/mol. The highest BCUT2D eigenvalue weighted by atomic mass is 35.5. The summed E-state index contributed by atoms with van der Waals surface area (Å²) < 4.78 is 13.0. The molecule has 1 atom stereocenters. The fourth-order valence-electron chi connectivity index (χ4n) is 1.26. The van der Waals surface area contributed by atoms with Crippen molar-refractivity contribution in [3.8, 4) is 11.8 Å². The number of nitrogens with two attached hydrogens (primary N) is 1. The third-order valence-electron chi connectivity index (χ3n) is 2.10. The third-order valence-corrected chi connectivity index (χ3v) is 2.10. The maximum atomic E-state index is 13.0. The standard InChI is InChI=1S/C10H11FN2O.ClH/c1-2-8(13)9-6(5-12)3-4-7(11)10(9)14;/h3-4,8,14H,2,13H2,1H3;1H/t8-;/m1./s1. The van der Waals surface area contributed by atoms with E-state index in [0.717, 1.165) is 6.07 Å². The summed E-state index contributed by atoms with van der Waals surface area (Å²) in [6.45, 7) is 1.80. The van der Waals surface area contributed by atoms with Gasteiger partial charge in [0.15, 0.2) is 11.6 Å². The van der Waals surface area contributed by atoms with Crippen LogP contribution in [0, 0.1) is 17.1 Å². The van der Waals surface area contributed by atoms with Gasteiger partial charge in [-0.25, -0.2) is 4.39 Å². The molecule has 5 heteroatoms. The number of phenols is 1. The number of halogens is 2. The first-order chi connectivity index (χ1) is 6.61. The normalized spacial score (nSPS) is 11.3. The van der Waals surface area contributed by atoms with Gasteiger partial charge < -0.3 is 10.8 Å². The lowest BCUT2D eigenvalue weighted by molar-refractivity contribution is 0.419. The topological polar surface area (TPSA) is 70.0 Å². The number of rotatable bonds is 2. The van der Waals surface area contributed by atoms with Gasteiger partial charge in [-0.1, -0.05) is 6.92 Å². The van der Waals surface area contributed by atoms with Gasteiger partial charge in [-0.05, 0) is 18.6 Å². The van der Waals surface area contributed by atoms with Crippen LogP contribution in [0.1, 0.15) is 30.5 Å². The lowest BCUT2D eigenvalue weighted by Gasteiger charge is -2.13. The monoisotopic (exact) mass is 230 g/mol. The number of nitriles is 1. The molecule has 0 aliphatic rings. The van der Waals surface area contributed by atoms with Gasteiger partial charge in [0.25, 0.3) is 0 Å². The van der Waals surface area contributed by atoms with Crippen LogP contribution in [0.3, 0.4) is 0 Å². The molecule has 1 rings (SSSR count). The lowest BCUT2D eigenvalue weighted by Crippen LogP contribution is -2.11. The fourth-order valence-corrected chi connectivity index (χ4v) is 1.26. The second-order valence-corrected chi connectivity index (χ2v) is 2.98. The van der Waals surface area contributed by atoms with E-state index in [9.17, 15) is 9.50 Å². The maximum absolute atomic E-state index is 13.0. The lowest BCUT2D eigenvalue weighted by atomic mass is 9.98. The predicted molar refractivity (Wildman–Crippen MR) is 57.2 cm³/mol. The van der Waals surface area contributed by atoms with E-state index in [1.54, 1.807) is 6.92 Å². The Morgan fingerprint density at radius 2 is 2.20 bits per heavy atom. The van der Waals surface area contributed by atoms with E-state index in [1.165, 1.54) is 6.07 Å². The number of benzene rings is 1. The Morgan fingerprint density at radius 1 is 1.60 bits per heavy atom. The van der Waals surface area contributed by atoms with E-state index in [4.69, 9.17) is 11.0 Å². The third kappa shape index (κ3) is 2.58. The zero-order valence-electron chi connectivity index (χ0n) is 8.20. The highest BCUT2D eigenvalue weighted by Gasteiger charge is 2.17. The van der Waals surface area contributed by atoms with E-state index < -0.39 is 17.6 Å². The van der Waals surface area contributed by atoms with Gasteiger partial charge in [0.05, 0.1) is 11.6 Å². The molecular formula is C10H12ClFN2O. The summed E-state index contributed by atoms with van der Waals surface area (Å²) in [5, 5.41) is 18.1. The Hall–Kier alpha value is -1.31. The van der Waals surface area contributed by atoms with Crippen LogP contribution in [0.2, 0.25) is 0 Å². The summed E-state index contributed by atoms with van der Waals surface area (Å²) >= 11 is 0. The Bertz CT molecular complexity index is 390. The average Bonchev–Trinajstić information content (AvgIpc) is 2.20. The molecule has 82 valence electrons. The SMILES string of the molecule is CC[C@@H](N)c1c(C#N)ccc(F)c1O.Cl. The summed E-state index contributed by atoms with van der Waals surface area (Å²) in [6, 6.07) is 3.73. The zero-order chi connectivity index (χ0) is 10.7. The Morgan fingerprint density at radius 3 is 2.67 bits per heavy atom. The minimum atomic E-state index is -0.747. The van der Waals surface area contributed by atoms with Crippen molar-refractivity contribution >= 4 is 12.4 Å². The largest absolute Gasteiger partial charge is 0.505 e. The first-order valence-corrected chi connectivity index (χ1v) is 4.28. The highest BCUT2D eigenvalue weighted by Crippen LogP contribution is 2.30. The highest BCUT2D eigenvalue weighted by molar-refractivity contribution is 5.85. The summed E-state index contributed by atoms with van der Waals surface area (Å²) in [5.41, 5.74) is 6.07. The number of nitrogens with zero attached hydrogens (tertiary/aromatic N) is 1. The van der Waals surface area contributed by atoms with Gasteiger partial charge in [-0.3, -0.25) is 0 Å². The number of hydrogen-bond acceptors (Lipinski definition) is 3. The predicted octanol–water partition coefficient (Wildman–Crippen LogP) is 2.23. The van der Waals surface area contributed by atoms with E-state index in [0.29, 0.717) is 6.42 Å². The summed E-state index contributed by atoms with van der Waals surface area (Å²) in [7, 11) is 0. The van der Waals surface area contributed by atoms with Crippen LogP contribution < -0.4 is 5.73 Å². The molecule has 0 aromatic heterocycles. The molecule has 3 nitrogen and oxygen atoms in total. The van der Waals surface area contributed by atoms with E-state index in [1.807, 2.05) is 6.07 Å². The second-order valence-electron chi connectivity index (χ2n) is 2.98. The minimum absolute atomic E-state index is 0. The van der Waals surface area contributed by atoms with Crippen molar-refractivity contribution in [2.45, 2.75) is 19.4 Å². The number of hydrogen-bond donors (Lipinski definition) is 2. The molecule has 0 radical (unpaired) electrons. The van der Waals surface area contributed by atoms with E-state index in [-0.39, 0.29) is 23.5 Å². The van der Waals surface area contributed by atoms with Crippen molar-refractivity contribution in [2.24, 2.45) is 5.73 Å². The molecule has 0 amide bonds. The van der Waals surface area contributed by atoms with Crippen molar-refractivity contribution in [3.63, 3.8) is 0 Å². The van der Waals surface area contributed by atoms with Crippen LogP contribution in [0.4, 0.5) is 4.39 Å². The second kappa shape index (κ2) is 5.54. The van der Waals surface area contributed by atoms with Gasteiger partial charge in [-0.2, -0.15) is 5.26 Å². The molecule has 1 aromatic carbocycles. The summed E-state index contributed by atoms with van der Waals surface area (Å²) in [6.07, 6.45) is 0.533. The molecular weight excluding hydrogens is 219 g/mol. The first kappa shape index (κ1) is 13.7. The van der Waals surface area contributed by atoms with Crippen LogP contribution in [0.5, 0.6) is 5.75 Å². The number of phenolic OH excluding ortho intramolecular Hbond substituents is 1. The number of aromatic hydroxyl groups is 1. The molecule has 0 spiro atoms. The summed E-state index contributed by atoms with van der Waals surface area (Å²) in [5.74, 6) is -1.26. The molecule has 0 heterocycles. The molecule has 0 bridgehead atoms. The molecule has 0 fully saturated rings. The smallest absolute Gasteiger partial charge is 0.165 e. The van der Waals surface area contributed by atoms with Gasteiger partial charge in [0.2, 0.25) is 0 Å². The quantitative estimate of drug-likeness (QED) is 0.819. The van der Waals surface area contributed by atoms with Crippen molar-refractivity contribution in [3.05, 3.63) is 29.1 Å². The molecule has 15 heavy (non-hydrogen) atoms. The van der Waals surface area contributed by atoms with Crippen molar-refractivity contribution in [1.82, 2.24) is 0 Å².